The Bertz CT molecular complexity index is 439. The summed E-state index contributed by atoms with van der Waals surface area (Å²) >= 11 is 0. The van der Waals surface area contributed by atoms with Gasteiger partial charge < -0.3 is 5.11 Å². The first-order valence-electron chi connectivity index (χ1n) is 7.87. The zero-order valence-corrected chi connectivity index (χ0v) is 13.3. The van der Waals surface area contributed by atoms with Gasteiger partial charge in [-0.1, -0.05) is 37.6 Å². The predicted molar refractivity (Wildman–Crippen MR) is 82.4 cm³/mol. The number of fused-ring (bicyclic) bond motifs is 1. The molecule has 2 nitrogen and oxygen atoms in total. The molecular formula is C18H28O2. The minimum absolute atomic E-state index is 0.0946. The molecular weight excluding hydrogens is 248 g/mol. The van der Waals surface area contributed by atoms with Crippen molar-refractivity contribution in [2.75, 3.05) is 0 Å². The van der Waals surface area contributed by atoms with Gasteiger partial charge in [-0.15, -0.1) is 0 Å². The number of hydrogen-bond donors (Lipinski definition) is 1. The van der Waals surface area contributed by atoms with E-state index in [1.807, 2.05) is 6.08 Å². The number of aliphatic hydroxyl groups is 1. The lowest BCUT2D eigenvalue weighted by atomic mass is 9.63. The van der Waals surface area contributed by atoms with E-state index in [9.17, 15) is 9.90 Å². The summed E-state index contributed by atoms with van der Waals surface area (Å²) < 4.78 is 0. The van der Waals surface area contributed by atoms with Crippen LogP contribution in [0.1, 0.15) is 59.8 Å². The van der Waals surface area contributed by atoms with Gasteiger partial charge in [0.15, 0.2) is 0 Å². The molecule has 0 aliphatic heterocycles. The molecule has 0 heterocycles. The molecule has 20 heavy (non-hydrogen) atoms. The van der Waals surface area contributed by atoms with Gasteiger partial charge in [-0.25, -0.2) is 0 Å². The molecule has 0 aromatic carbocycles. The van der Waals surface area contributed by atoms with Crippen LogP contribution in [-0.2, 0) is 4.79 Å². The number of Topliss-reactive ketones (excluding diaryl/α,β-unsaturated/α-hetero) is 1. The Morgan fingerprint density at radius 3 is 2.90 bits per heavy atom. The maximum atomic E-state index is 12.1. The SMILES string of the molecule is C[C@@H](CC=CC(C)(C)O)C1=CCC2C(=O)CCC[C@]12C. The van der Waals surface area contributed by atoms with Crippen molar-refractivity contribution in [3.63, 3.8) is 0 Å². The van der Waals surface area contributed by atoms with E-state index in [-0.39, 0.29) is 11.3 Å². The summed E-state index contributed by atoms with van der Waals surface area (Å²) in [6, 6.07) is 0. The summed E-state index contributed by atoms with van der Waals surface area (Å²) in [6.07, 6.45) is 11.1. The fraction of sp³-hybridized carbons (Fsp3) is 0.722. The van der Waals surface area contributed by atoms with Gasteiger partial charge in [0, 0.05) is 12.3 Å². The molecule has 0 saturated heterocycles. The average molecular weight is 276 g/mol. The lowest BCUT2D eigenvalue weighted by Crippen LogP contribution is -2.36. The van der Waals surface area contributed by atoms with Crippen molar-refractivity contribution in [3.05, 3.63) is 23.8 Å². The molecule has 2 heteroatoms. The zero-order valence-electron chi connectivity index (χ0n) is 13.3. The molecule has 112 valence electrons. The van der Waals surface area contributed by atoms with E-state index in [1.54, 1.807) is 13.8 Å². The van der Waals surface area contributed by atoms with Crippen LogP contribution in [0.2, 0.25) is 0 Å². The highest BCUT2D eigenvalue weighted by Gasteiger charge is 2.47. The quantitative estimate of drug-likeness (QED) is 0.787. The first kappa shape index (κ1) is 15.5. The normalized spacial score (nSPS) is 32.4. The van der Waals surface area contributed by atoms with Gasteiger partial charge in [-0.2, -0.15) is 0 Å². The highest BCUT2D eigenvalue weighted by Crippen LogP contribution is 2.53. The third kappa shape index (κ3) is 3.06. The van der Waals surface area contributed by atoms with Crippen LogP contribution in [0.3, 0.4) is 0 Å². The van der Waals surface area contributed by atoms with Crippen molar-refractivity contribution in [2.24, 2.45) is 17.3 Å². The van der Waals surface area contributed by atoms with Crippen LogP contribution < -0.4 is 0 Å². The summed E-state index contributed by atoms with van der Waals surface area (Å²) in [5, 5.41) is 9.72. The summed E-state index contributed by atoms with van der Waals surface area (Å²) in [7, 11) is 0. The van der Waals surface area contributed by atoms with Crippen LogP contribution in [0.25, 0.3) is 0 Å². The van der Waals surface area contributed by atoms with E-state index >= 15 is 0 Å². The third-order valence-electron chi connectivity index (χ3n) is 5.06. The van der Waals surface area contributed by atoms with E-state index in [2.05, 4.69) is 26.0 Å². The van der Waals surface area contributed by atoms with Crippen molar-refractivity contribution in [2.45, 2.75) is 65.4 Å². The van der Waals surface area contributed by atoms with Crippen molar-refractivity contribution >= 4 is 5.78 Å². The predicted octanol–water partition coefficient (Wildman–Crippen LogP) is 4.05. The van der Waals surface area contributed by atoms with E-state index in [0.29, 0.717) is 11.7 Å². The minimum Gasteiger partial charge on any atom is -0.386 e. The molecule has 0 spiro atoms. The van der Waals surface area contributed by atoms with Gasteiger partial charge in [-0.05, 0) is 50.9 Å². The molecule has 0 aromatic heterocycles. The number of carbonyl (C=O) groups is 1. The highest BCUT2D eigenvalue weighted by molar-refractivity contribution is 5.84. The van der Waals surface area contributed by atoms with Crippen molar-refractivity contribution < 1.29 is 9.90 Å². The largest absolute Gasteiger partial charge is 0.386 e. The molecule has 2 aliphatic rings. The van der Waals surface area contributed by atoms with E-state index in [0.717, 1.165) is 32.1 Å². The number of ketones is 1. The summed E-state index contributed by atoms with van der Waals surface area (Å²) in [5.41, 5.74) is 0.824. The third-order valence-corrected chi connectivity index (χ3v) is 5.06. The van der Waals surface area contributed by atoms with Gasteiger partial charge in [0.05, 0.1) is 5.60 Å². The van der Waals surface area contributed by atoms with Gasteiger partial charge in [0.25, 0.3) is 0 Å². The smallest absolute Gasteiger partial charge is 0.137 e. The number of allylic oxidation sites excluding steroid dienone is 3. The maximum absolute atomic E-state index is 12.1. The Kier molecular flexibility index (Phi) is 4.24. The molecule has 3 atom stereocenters. The fourth-order valence-corrected chi connectivity index (χ4v) is 4.00. The van der Waals surface area contributed by atoms with Crippen LogP contribution in [0.15, 0.2) is 23.8 Å². The lowest BCUT2D eigenvalue weighted by molar-refractivity contribution is -0.128. The van der Waals surface area contributed by atoms with Gasteiger partial charge >= 0.3 is 0 Å². The van der Waals surface area contributed by atoms with Crippen LogP contribution in [0.5, 0.6) is 0 Å². The van der Waals surface area contributed by atoms with E-state index < -0.39 is 5.60 Å². The number of hydrogen-bond acceptors (Lipinski definition) is 2. The molecule has 0 radical (unpaired) electrons. The Balaban J connectivity index is 2.06. The molecule has 1 fully saturated rings. The number of carbonyl (C=O) groups excluding carboxylic acids is 1. The second kappa shape index (κ2) is 5.48. The molecule has 0 amide bonds. The monoisotopic (exact) mass is 276 g/mol. The topological polar surface area (TPSA) is 37.3 Å². The molecule has 2 rings (SSSR count). The Morgan fingerprint density at radius 2 is 2.25 bits per heavy atom. The zero-order chi connectivity index (χ0) is 15.0. The van der Waals surface area contributed by atoms with Gasteiger partial charge in [0.2, 0.25) is 0 Å². The second-order valence-electron chi connectivity index (χ2n) is 7.38. The summed E-state index contributed by atoms with van der Waals surface area (Å²) in [4.78, 5) is 12.1. The van der Waals surface area contributed by atoms with Crippen LogP contribution in [0.4, 0.5) is 0 Å². The number of rotatable bonds is 4. The fourth-order valence-electron chi connectivity index (χ4n) is 4.00. The van der Waals surface area contributed by atoms with E-state index in [4.69, 9.17) is 0 Å². The average Bonchev–Trinajstić information content (AvgIpc) is 2.66. The second-order valence-corrected chi connectivity index (χ2v) is 7.38. The van der Waals surface area contributed by atoms with Crippen LogP contribution >= 0.6 is 0 Å². The molecule has 0 bridgehead atoms. The Morgan fingerprint density at radius 1 is 1.55 bits per heavy atom. The first-order valence-corrected chi connectivity index (χ1v) is 7.87. The molecule has 1 N–H and O–H groups in total. The van der Waals surface area contributed by atoms with Crippen molar-refractivity contribution in [1.82, 2.24) is 0 Å². The van der Waals surface area contributed by atoms with Gasteiger partial charge in [0.1, 0.15) is 5.78 Å². The molecule has 1 unspecified atom stereocenters. The molecule has 1 saturated carbocycles. The van der Waals surface area contributed by atoms with E-state index in [1.165, 1.54) is 5.57 Å². The van der Waals surface area contributed by atoms with Gasteiger partial charge in [-0.3, -0.25) is 4.79 Å². The minimum atomic E-state index is -0.739. The molecule has 2 aliphatic carbocycles. The standard InChI is InChI=1S/C18H28O2/c1-13(7-5-11-17(2,3)20)14-9-10-15-16(19)8-6-12-18(14,15)4/h5,9,11,13,15,20H,6-8,10,12H2,1-4H3/t13-,15?,18+/m0/s1. The first-order chi connectivity index (χ1) is 9.24. The highest BCUT2D eigenvalue weighted by atomic mass is 16.3. The lowest BCUT2D eigenvalue weighted by Gasteiger charge is -2.40. The summed E-state index contributed by atoms with van der Waals surface area (Å²) in [6.45, 7) is 8.11. The Labute approximate surface area is 123 Å². The molecule has 0 aromatic rings. The van der Waals surface area contributed by atoms with Crippen LogP contribution in [0, 0.1) is 17.3 Å². The van der Waals surface area contributed by atoms with Crippen LogP contribution in [-0.4, -0.2) is 16.5 Å². The van der Waals surface area contributed by atoms with Crippen molar-refractivity contribution in [3.8, 4) is 0 Å². The van der Waals surface area contributed by atoms with Crippen molar-refractivity contribution in [1.29, 1.82) is 0 Å². The maximum Gasteiger partial charge on any atom is 0.137 e. The summed E-state index contributed by atoms with van der Waals surface area (Å²) in [5.74, 6) is 1.14. The Hall–Kier alpha value is -0.890.